The molecule has 1 saturated carbocycles. The summed E-state index contributed by atoms with van der Waals surface area (Å²) in [6.07, 6.45) is 3.63. The molecule has 2 atom stereocenters. The molecule has 0 bridgehead atoms. The highest BCUT2D eigenvalue weighted by molar-refractivity contribution is 5.17. The number of ether oxygens (including phenoxy) is 1. The number of hydrogen-bond acceptors (Lipinski definition) is 3. The summed E-state index contributed by atoms with van der Waals surface area (Å²) in [5.41, 5.74) is 0. The first-order valence-corrected chi connectivity index (χ1v) is 7.18. The van der Waals surface area contributed by atoms with Crippen molar-refractivity contribution in [2.45, 2.75) is 45.6 Å². The average Bonchev–Trinajstić information content (AvgIpc) is 2.91. The number of rotatable bonds is 9. The molecule has 0 amide bonds. The van der Waals surface area contributed by atoms with Gasteiger partial charge in [-0.2, -0.15) is 0 Å². The van der Waals surface area contributed by atoms with Crippen LogP contribution in [0, 0.1) is 5.92 Å². The van der Waals surface area contributed by atoms with Gasteiger partial charge in [0.15, 0.2) is 0 Å². The highest BCUT2D eigenvalue weighted by Crippen LogP contribution is 2.47. The lowest BCUT2D eigenvalue weighted by Gasteiger charge is -2.04. The fourth-order valence-electron chi connectivity index (χ4n) is 2.11. The van der Waals surface area contributed by atoms with E-state index in [4.69, 9.17) is 9.15 Å². The third kappa shape index (κ3) is 4.14. The molecule has 102 valence electrons. The van der Waals surface area contributed by atoms with Crippen LogP contribution in [0.4, 0.5) is 0 Å². The number of furan rings is 1. The fraction of sp³-hybridized carbons (Fsp3) is 0.733. The van der Waals surface area contributed by atoms with Crippen molar-refractivity contribution < 1.29 is 9.15 Å². The molecule has 1 heterocycles. The molecule has 3 nitrogen and oxygen atoms in total. The number of hydrogen-bond donors (Lipinski definition) is 1. The maximum absolute atomic E-state index is 5.82. The Morgan fingerprint density at radius 2 is 2.22 bits per heavy atom. The van der Waals surface area contributed by atoms with Crippen LogP contribution in [-0.4, -0.2) is 19.8 Å². The molecular formula is C15H25NO2. The third-order valence-corrected chi connectivity index (χ3v) is 3.52. The molecule has 1 N–H and O–H groups in total. The number of unbranched alkanes of at least 4 members (excludes halogenated alkanes) is 1. The molecule has 0 radical (unpaired) electrons. The monoisotopic (exact) mass is 251 g/mol. The van der Waals surface area contributed by atoms with Crippen molar-refractivity contribution in [3.8, 4) is 0 Å². The van der Waals surface area contributed by atoms with Crippen molar-refractivity contribution in [1.82, 2.24) is 5.32 Å². The first kappa shape index (κ1) is 13.6. The van der Waals surface area contributed by atoms with E-state index >= 15 is 0 Å². The van der Waals surface area contributed by atoms with Gasteiger partial charge in [0.2, 0.25) is 0 Å². The first-order valence-electron chi connectivity index (χ1n) is 7.18. The van der Waals surface area contributed by atoms with Crippen molar-refractivity contribution in [2.75, 3.05) is 19.8 Å². The van der Waals surface area contributed by atoms with E-state index in [0.717, 1.165) is 44.4 Å². The second-order valence-corrected chi connectivity index (χ2v) is 5.27. The van der Waals surface area contributed by atoms with Crippen LogP contribution in [0.15, 0.2) is 16.5 Å². The van der Waals surface area contributed by atoms with Gasteiger partial charge in [0.05, 0.1) is 13.2 Å². The molecule has 1 aliphatic rings. The molecule has 1 aliphatic carbocycles. The van der Waals surface area contributed by atoms with Crippen molar-refractivity contribution in [3.63, 3.8) is 0 Å². The standard InChI is InChI=1S/C15H25NO2/c1-3-4-8-17-9-7-16-11-13-5-6-15(18-13)14-10-12(14)2/h5-6,12,14,16H,3-4,7-11H2,1-2H3. The lowest BCUT2D eigenvalue weighted by Crippen LogP contribution is -2.19. The van der Waals surface area contributed by atoms with E-state index in [9.17, 15) is 0 Å². The summed E-state index contributed by atoms with van der Waals surface area (Å²) in [5, 5.41) is 3.34. The van der Waals surface area contributed by atoms with E-state index in [2.05, 4.69) is 31.3 Å². The molecule has 2 unspecified atom stereocenters. The molecule has 2 rings (SSSR count). The Labute approximate surface area is 110 Å². The molecule has 0 aromatic carbocycles. The van der Waals surface area contributed by atoms with Crippen LogP contribution in [0.5, 0.6) is 0 Å². The van der Waals surface area contributed by atoms with Crippen LogP contribution in [0.2, 0.25) is 0 Å². The predicted octanol–water partition coefficient (Wildman–Crippen LogP) is 3.31. The summed E-state index contributed by atoms with van der Waals surface area (Å²) in [4.78, 5) is 0. The van der Waals surface area contributed by atoms with Crippen molar-refractivity contribution >= 4 is 0 Å². The van der Waals surface area contributed by atoms with E-state index in [0.29, 0.717) is 5.92 Å². The summed E-state index contributed by atoms with van der Waals surface area (Å²) >= 11 is 0. The molecule has 0 spiro atoms. The summed E-state index contributed by atoms with van der Waals surface area (Å²) in [5.74, 6) is 3.69. The molecular weight excluding hydrogens is 226 g/mol. The Morgan fingerprint density at radius 3 is 2.94 bits per heavy atom. The van der Waals surface area contributed by atoms with Crippen molar-refractivity contribution in [3.05, 3.63) is 23.7 Å². The van der Waals surface area contributed by atoms with Crippen LogP contribution in [0.25, 0.3) is 0 Å². The molecule has 1 aromatic heterocycles. The van der Waals surface area contributed by atoms with Gasteiger partial charge in [-0.05, 0) is 30.9 Å². The highest BCUT2D eigenvalue weighted by atomic mass is 16.5. The van der Waals surface area contributed by atoms with Crippen LogP contribution in [0.1, 0.15) is 50.5 Å². The maximum atomic E-state index is 5.82. The van der Waals surface area contributed by atoms with Gasteiger partial charge in [-0.25, -0.2) is 0 Å². The SMILES string of the molecule is CCCCOCCNCc1ccc(C2CC2C)o1. The normalized spacial score (nSPS) is 22.3. The lowest BCUT2D eigenvalue weighted by molar-refractivity contribution is 0.132. The second-order valence-electron chi connectivity index (χ2n) is 5.27. The Hall–Kier alpha value is -0.800. The van der Waals surface area contributed by atoms with Gasteiger partial charge >= 0.3 is 0 Å². The van der Waals surface area contributed by atoms with E-state index in [1.54, 1.807) is 0 Å². The zero-order valence-electron chi connectivity index (χ0n) is 11.6. The quantitative estimate of drug-likeness (QED) is 0.684. The Balaban J connectivity index is 1.55. The Morgan fingerprint density at radius 1 is 1.39 bits per heavy atom. The van der Waals surface area contributed by atoms with Crippen LogP contribution < -0.4 is 5.32 Å². The van der Waals surface area contributed by atoms with Gasteiger partial charge in [0.25, 0.3) is 0 Å². The van der Waals surface area contributed by atoms with Crippen LogP contribution in [-0.2, 0) is 11.3 Å². The van der Waals surface area contributed by atoms with Crippen LogP contribution in [0.3, 0.4) is 0 Å². The van der Waals surface area contributed by atoms with Gasteiger partial charge in [-0.1, -0.05) is 20.3 Å². The zero-order valence-corrected chi connectivity index (χ0v) is 11.6. The van der Waals surface area contributed by atoms with Gasteiger partial charge in [-0.15, -0.1) is 0 Å². The zero-order chi connectivity index (χ0) is 12.8. The topological polar surface area (TPSA) is 34.4 Å². The highest BCUT2D eigenvalue weighted by Gasteiger charge is 2.36. The average molecular weight is 251 g/mol. The number of nitrogens with one attached hydrogen (secondary N) is 1. The molecule has 1 aromatic rings. The lowest BCUT2D eigenvalue weighted by atomic mass is 10.3. The first-order chi connectivity index (χ1) is 8.81. The smallest absolute Gasteiger partial charge is 0.117 e. The largest absolute Gasteiger partial charge is 0.464 e. The minimum absolute atomic E-state index is 0.677. The van der Waals surface area contributed by atoms with Crippen molar-refractivity contribution in [2.24, 2.45) is 5.92 Å². The molecule has 0 saturated heterocycles. The minimum atomic E-state index is 0.677. The van der Waals surface area contributed by atoms with E-state index in [1.165, 1.54) is 18.6 Å². The summed E-state index contributed by atoms with van der Waals surface area (Å²) < 4.78 is 11.3. The van der Waals surface area contributed by atoms with Gasteiger partial charge in [-0.3, -0.25) is 0 Å². The van der Waals surface area contributed by atoms with Crippen molar-refractivity contribution in [1.29, 1.82) is 0 Å². The maximum Gasteiger partial charge on any atom is 0.117 e. The second kappa shape index (κ2) is 6.95. The molecule has 0 aliphatic heterocycles. The third-order valence-electron chi connectivity index (χ3n) is 3.52. The van der Waals surface area contributed by atoms with E-state index in [-0.39, 0.29) is 0 Å². The Kier molecular flexibility index (Phi) is 5.26. The van der Waals surface area contributed by atoms with E-state index < -0.39 is 0 Å². The van der Waals surface area contributed by atoms with Gasteiger partial charge < -0.3 is 14.5 Å². The predicted molar refractivity (Wildman–Crippen MR) is 72.7 cm³/mol. The Bertz CT molecular complexity index is 348. The summed E-state index contributed by atoms with van der Waals surface area (Å²) in [6, 6.07) is 4.22. The summed E-state index contributed by atoms with van der Waals surface area (Å²) in [6.45, 7) is 7.81. The molecule has 3 heteroatoms. The van der Waals surface area contributed by atoms with Crippen LogP contribution >= 0.6 is 0 Å². The van der Waals surface area contributed by atoms with E-state index in [1.807, 2.05) is 0 Å². The minimum Gasteiger partial charge on any atom is -0.464 e. The molecule has 1 fully saturated rings. The van der Waals surface area contributed by atoms with Gasteiger partial charge in [0.1, 0.15) is 11.5 Å². The summed E-state index contributed by atoms with van der Waals surface area (Å²) in [7, 11) is 0. The van der Waals surface area contributed by atoms with Gasteiger partial charge in [0, 0.05) is 19.1 Å². The molecule has 18 heavy (non-hydrogen) atoms. The fourth-order valence-corrected chi connectivity index (χ4v) is 2.11.